The summed E-state index contributed by atoms with van der Waals surface area (Å²) in [6, 6.07) is 1.99. The topological polar surface area (TPSA) is 64.4 Å². The van der Waals surface area contributed by atoms with Gasteiger partial charge in [-0.3, -0.25) is 9.59 Å². The summed E-state index contributed by atoms with van der Waals surface area (Å²) < 4.78 is 0. The molecule has 2 aliphatic heterocycles. The number of likely N-dealkylation sites (tertiary alicyclic amines) is 2. The normalized spacial score (nSPS) is 20.8. The molecule has 5 heteroatoms. The third-order valence-corrected chi connectivity index (χ3v) is 3.71. The van der Waals surface area contributed by atoms with Gasteiger partial charge < -0.3 is 9.80 Å². The molecule has 2 amide bonds. The number of rotatable bonds is 3. The van der Waals surface area contributed by atoms with Crippen molar-refractivity contribution >= 4 is 11.8 Å². The first-order valence-electron chi connectivity index (χ1n) is 6.68. The number of nitriles is 1. The fraction of sp³-hybridized carbons (Fsp3) is 0.769. The molecule has 1 unspecified atom stereocenters. The molecule has 1 atom stereocenters. The average molecular weight is 249 g/mol. The van der Waals surface area contributed by atoms with E-state index in [1.165, 1.54) is 0 Å². The van der Waals surface area contributed by atoms with E-state index in [0.29, 0.717) is 0 Å². The van der Waals surface area contributed by atoms with E-state index in [0.717, 1.165) is 51.9 Å². The van der Waals surface area contributed by atoms with Crippen LogP contribution >= 0.6 is 0 Å². The number of amides is 2. The quantitative estimate of drug-likeness (QED) is 0.741. The third kappa shape index (κ3) is 2.81. The zero-order valence-corrected chi connectivity index (χ0v) is 10.6. The minimum Gasteiger partial charge on any atom is -0.343 e. The van der Waals surface area contributed by atoms with Gasteiger partial charge in [-0.05, 0) is 25.7 Å². The second-order valence-corrected chi connectivity index (χ2v) is 5.01. The lowest BCUT2D eigenvalue weighted by molar-refractivity contribution is -0.138. The van der Waals surface area contributed by atoms with Crippen molar-refractivity contribution in [3.8, 4) is 6.07 Å². The molecule has 5 nitrogen and oxygen atoms in total. The van der Waals surface area contributed by atoms with Crippen molar-refractivity contribution in [3.63, 3.8) is 0 Å². The molecule has 2 fully saturated rings. The van der Waals surface area contributed by atoms with Crippen molar-refractivity contribution in [1.82, 2.24) is 9.80 Å². The lowest BCUT2D eigenvalue weighted by Crippen LogP contribution is -2.37. The van der Waals surface area contributed by atoms with Gasteiger partial charge in [-0.25, -0.2) is 0 Å². The van der Waals surface area contributed by atoms with Gasteiger partial charge in [0.1, 0.15) is 5.92 Å². The number of hydrogen-bond acceptors (Lipinski definition) is 3. The second kappa shape index (κ2) is 5.85. The number of nitrogens with zero attached hydrogens (tertiary/aromatic N) is 3. The van der Waals surface area contributed by atoms with E-state index in [1.54, 1.807) is 9.80 Å². The highest BCUT2D eigenvalue weighted by Gasteiger charge is 2.30. The van der Waals surface area contributed by atoms with Gasteiger partial charge in [-0.2, -0.15) is 5.26 Å². The Morgan fingerprint density at radius 1 is 1.00 bits per heavy atom. The highest BCUT2D eigenvalue weighted by molar-refractivity contribution is 5.87. The van der Waals surface area contributed by atoms with Gasteiger partial charge in [0.25, 0.3) is 0 Å². The maximum absolute atomic E-state index is 12.1. The fourth-order valence-electron chi connectivity index (χ4n) is 2.62. The average Bonchev–Trinajstić information content (AvgIpc) is 3.05. The lowest BCUT2D eigenvalue weighted by atomic mass is 10.0. The lowest BCUT2D eigenvalue weighted by Gasteiger charge is -2.20. The van der Waals surface area contributed by atoms with E-state index < -0.39 is 5.92 Å². The molecule has 0 aromatic rings. The molecule has 0 aromatic heterocycles. The number of carbonyl (C=O) groups excluding carboxylic acids is 2. The molecule has 98 valence electrons. The standard InChI is InChI=1S/C13H19N3O2/c14-10-11(13(18)16-7-3-4-8-16)9-12(17)15-5-1-2-6-15/h11H,1-9H2. The molecule has 0 aromatic carbocycles. The Morgan fingerprint density at radius 3 is 2.00 bits per heavy atom. The van der Waals surface area contributed by atoms with Crippen molar-refractivity contribution < 1.29 is 9.59 Å². The maximum atomic E-state index is 12.1. The molecule has 0 saturated carbocycles. The van der Waals surface area contributed by atoms with Crippen LogP contribution in [-0.4, -0.2) is 47.8 Å². The van der Waals surface area contributed by atoms with Gasteiger partial charge in [0.05, 0.1) is 12.5 Å². The Bertz CT molecular complexity index is 363. The van der Waals surface area contributed by atoms with E-state index in [4.69, 9.17) is 5.26 Å². The van der Waals surface area contributed by atoms with Gasteiger partial charge in [-0.1, -0.05) is 0 Å². The van der Waals surface area contributed by atoms with E-state index in [-0.39, 0.29) is 18.2 Å². The minimum absolute atomic E-state index is 0.0475. The molecule has 2 heterocycles. The summed E-state index contributed by atoms with van der Waals surface area (Å²) in [5.41, 5.74) is 0. The first-order chi connectivity index (χ1) is 8.72. The zero-order valence-electron chi connectivity index (χ0n) is 10.6. The van der Waals surface area contributed by atoms with Crippen LogP contribution in [0, 0.1) is 17.2 Å². The van der Waals surface area contributed by atoms with E-state index in [9.17, 15) is 9.59 Å². The molecular formula is C13H19N3O2. The number of carbonyl (C=O) groups is 2. The Balaban J connectivity index is 1.90. The summed E-state index contributed by atoms with van der Waals surface area (Å²) in [6.45, 7) is 3.01. The first-order valence-corrected chi connectivity index (χ1v) is 6.68. The highest BCUT2D eigenvalue weighted by atomic mass is 16.2. The van der Waals surface area contributed by atoms with Crippen molar-refractivity contribution in [3.05, 3.63) is 0 Å². The molecule has 0 aliphatic carbocycles. The molecule has 0 spiro atoms. The van der Waals surface area contributed by atoms with Crippen LogP contribution in [0.1, 0.15) is 32.1 Å². The molecule has 0 bridgehead atoms. The van der Waals surface area contributed by atoms with Gasteiger partial charge >= 0.3 is 0 Å². The summed E-state index contributed by atoms with van der Waals surface area (Å²) in [4.78, 5) is 27.5. The maximum Gasteiger partial charge on any atom is 0.240 e. The van der Waals surface area contributed by atoms with Crippen LogP contribution in [-0.2, 0) is 9.59 Å². The highest BCUT2D eigenvalue weighted by Crippen LogP contribution is 2.17. The van der Waals surface area contributed by atoms with E-state index in [2.05, 4.69) is 0 Å². The molecule has 18 heavy (non-hydrogen) atoms. The van der Waals surface area contributed by atoms with Gasteiger partial charge in [0, 0.05) is 26.2 Å². The third-order valence-electron chi connectivity index (χ3n) is 3.71. The first kappa shape index (κ1) is 12.9. The van der Waals surface area contributed by atoms with Crippen LogP contribution in [0.25, 0.3) is 0 Å². The predicted molar refractivity (Wildman–Crippen MR) is 65.3 cm³/mol. The Hall–Kier alpha value is -1.57. The monoisotopic (exact) mass is 249 g/mol. The van der Waals surface area contributed by atoms with Gasteiger partial charge in [-0.15, -0.1) is 0 Å². The van der Waals surface area contributed by atoms with Crippen molar-refractivity contribution in [1.29, 1.82) is 5.26 Å². The molecule has 2 rings (SSSR count). The van der Waals surface area contributed by atoms with E-state index in [1.807, 2.05) is 6.07 Å². The van der Waals surface area contributed by atoms with Crippen LogP contribution in [0.5, 0.6) is 0 Å². The zero-order chi connectivity index (χ0) is 13.0. The van der Waals surface area contributed by atoms with Gasteiger partial charge in [0.2, 0.25) is 11.8 Å². The van der Waals surface area contributed by atoms with Crippen molar-refractivity contribution in [2.75, 3.05) is 26.2 Å². The summed E-state index contributed by atoms with van der Waals surface area (Å²) in [7, 11) is 0. The molecule has 0 N–H and O–H groups in total. The number of hydrogen-bond donors (Lipinski definition) is 0. The SMILES string of the molecule is N#CC(CC(=O)N1CCCC1)C(=O)N1CCCC1. The van der Waals surface area contributed by atoms with Gasteiger partial charge in [0.15, 0.2) is 0 Å². The Morgan fingerprint density at radius 2 is 1.50 bits per heavy atom. The molecular weight excluding hydrogens is 230 g/mol. The van der Waals surface area contributed by atoms with Crippen LogP contribution in [0.2, 0.25) is 0 Å². The van der Waals surface area contributed by atoms with Crippen molar-refractivity contribution in [2.45, 2.75) is 32.1 Å². The smallest absolute Gasteiger partial charge is 0.240 e. The van der Waals surface area contributed by atoms with Crippen molar-refractivity contribution in [2.24, 2.45) is 5.92 Å². The minimum atomic E-state index is -0.795. The molecule has 0 radical (unpaired) electrons. The Labute approximate surface area is 107 Å². The van der Waals surface area contributed by atoms with Crippen LogP contribution in [0.4, 0.5) is 0 Å². The predicted octanol–water partition coefficient (Wildman–Crippen LogP) is 0.761. The van der Waals surface area contributed by atoms with Crippen LogP contribution in [0.3, 0.4) is 0 Å². The molecule has 2 aliphatic rings. The summed E-state index contributed by atoms with van der Waals surface area (Å²) in [5.74, 6) is -1.01. The second-order valence-electron chi connectivity index (χ2n) is 5.01. The van der Waals surface area contributed by atoms with E-state index >= 15 is 0 Å². The summed E-state index contributed by atoms with van der Waals surface area (Å²) >= 11 is 0. The van der Waals surface area contributed by atoms with Crippen LogP contribution < -0.4 is 0 Å². The largest absolute Gasteiger partial charge is 0.343 e. The Kier molecular flexibility index (Phi) is 4.19. The fourth-order valence-corrected chi connectivity index (χ4v) is 2.62. The summed E-state index contributed by atoms with van der Waals surface area (Å²) in [6.07, 6.45) is 4.12. The van der Waals surface area contributed by atoms with Crippen LogP contribution in [0.15, 0.2) is 0 Å². The summed E-state index contributed by atoms with van der Waals surface area (Å²) in [5, 5.41) is 9.08. The molecule has 2 saturated heterocycles.